The van der Waals surface area contributed by atoms with E-state index in [9.17, 15) is 4.79 Å². The number of carbonyl (C=O) groups is 1. The molecule has 0 unspecified atom stereocenters. The third-order valence-corrected chi connectivity index (χ3v) is 2.80. The summed E-state index contributed by atoms with van der Waals surface area (Å²) in [5.74, 6) is -1.06. The summed E-state index contributed by atoms with van der Waals surface area (Å²) < 4.78 is 47.7. The molecule has 0 N–H and O–H groups in total. The van der Waals surface area contributed by atoms with Crippen molar-refractivity contribution in [1.29, 1.82) is 0 Å². The van der Waals surface area contributed by atoms with Crippen LogP contribution in [0.2, 0.25) is 0 Å². The van der Waals surface area contributed by atoms with E-state index in [0.717, 1.165) is 4.90 Å². The van der Waals surface area contributed by atoms with Gasteiger partial charge in [0.05, 0.1) is 5.69 Å². The fourth-order valence-electron chi connectivity index (χ4n) is 1.71. The van der Waals surface area contributed by atoms with Crippen LogP contribution in [0.5, 0.6) is 0 Å². The van der Waals surface area contributed by atoms with Gasteiger partial charge in [-0.3, -0.25) is 14.4 Å². The van der Waals surface area contributed by atoms with E-state index >= 15 is 0 Å². The van der Waals surface area contributed by atoms with Crippen molar-refractivity contribution >= 4 is 23.2 Å². The summed E-state index contributed by atoms with van der Waals surface area (Å²) in [7, 11) is 0. The van der Waals surface area contributed by atoms with E-state index in [1.807, 2.05) is 0 Å². The summed E-state index contributed by atoms with van der Waals surface area (Å²) in [6.45, 7) is -5.37. The summed E-state index contributed by atoms with van der Waals surface area (Å²) >= 11 is 5.67. The monoisotopic (exact) mass is 283 g/mol. The first-order valence-corrected chi connectivity index (χ1v) is 6.07. The molecule has 0 radical (unpaired) electrons. The molecule has 0 aliphatic heterocycles. The lowest BCUT2D eigenvalue weighted by Crippen LogP contribution is -2.35. The number of hydrogen-bond acceptors (Lipinski definition) is 2. The number of hydrogen-bond donors (Lipinski definition) is 0. The van der Waals surface area contributed by atoms with Crippen LogP contribution >= 0.6 is 11.6 Å². The summed E-state index contributed by atoms with van der Waals surface area (Å²) in [5.41, 5.74) is -0.637. The number of nitrogens with zero attached hydrogens (tertiary/aromatic N) is 3. The molecular formula is C14H16ClN3O. The molecule has 0 bridgehead atoms. The highest BCUT2D eigenvalue weighted by atomic mass is 35.5. The summed E-state index contributed by atoms with van der Waals surface area (Å²) in [5, 5.41) is 3.98. The number of benzene rings is 1. The van der Waals surface area contributed by atoms with E-state index in [2.05, 4.69) is 5.10 Å². The smallest absolute Gasteiger partial charge is 0.243 e. The summed E-state index contributed by atoms with van der Waals surface area (Å²) in [6.07, 6.45) is 3.06. The Bertz CT molecular complexity index is 710. The molecular weight excluding hydrogens is 262 g/mol. The van der Waals surface area contributed by atoms with E-state index < -0.39 is 25.5 Å². The maximum atomic E-state index is 12.4. The number of halogens is 1. The number of aryl methyl sites for hydroxylation is 2. The van der Waals surface area contributed by atoms with Crippen molar-refractivity contribution in [3.05, 3.63) is 47.8 Å². The van der Waals surface area contributed by atoms with Gasteiger partial charge >= 0.3 is 0 Å². The Morgan fingerprint density at radius 2 is 2.16 bits per heavy atom. The van der Waals surface area contributed by atoms with Crippen molar-refractivity contribution in [2.24, 2.45) is 0 Å². The van der Waals surface area contributed by atoms with Crippen molar-refractivity contribution in [3.63, 3.8) is 0 Å². The number of rotatable bonds is 4. The summed E-state index contributed by atoms with van der Waals surface area (Å²) in [4.78, 5) is 13.4. The number of alkyl halides is 1. The van der Waals surface area contributed by atoms with Gasteiger partial charge in [-0.2, -0.15) is 5.10 Å². The second-order valence-corrected chi connectivity index (χ2v) is 4.11. The van der Waals surface area contributed by atoms with Crippen LogP contribution in [0.15, 0.2) is 36.7 Å². The first-order valence-electron chi connectivity index (χ1n) is 8.53. The zero-order chi connectivity index (χ0) is 18.8. The molecule has 0 atom stereocenters. The van der Waals surface area contributed by atoms with Gasteiger partial charge in [0.2, 0.25) is 5.91 Å². The molecule has 0 aliphatic carbocycles. The van der Waals surface area contributed by atoms with Crippen LogP contribution < -0.4 is 4.90 Å². The van der Waals surface area contributed by atoms with Crippen LogP contribution in [0, 0.1) is 13.7 Å². The molecule has 2 rings (SSSR count). The third kappa shape index (κ3) is 2.96. The Morgan fingerprint density at radius 3 is 2.68 bits per heavy atom. The molecule has 0 saturated carbocycles. The first kappa shape index (κ1) is 7.70. The maximum Gasteiger partial charge on any atom is 0.243 e. The lowest BCUT2D eigenvalue weighted by Gasteiger charge is -2.25. The van der Waals surface area contributed by atoms with Gasteiger partial charge < -0.3 is 0 Å². The largest absolute Gasteiger partial charge is 0.291 e. The van der Waals surface area contributed by atoms with Gasteiger partial charge in [-0.25, -0.2) is 0 Å². The van der Waals surface area contributed by atoms with E-state index in [1.165, 1.54) is 29.1 Å². The number of aromatic nitrogens is 2. The Labute approximate surface area is 126 Å². The van der Waals surface area contributed by atoms with Crippen LogP contribution in [0.1, 0.15) is 19.4 Å². The Kier molecular flexibility index (Phi) is 2.39. The average molecular weight is 284 g/mol. The second kappa shape index (κ2) is 5.89. The molecule has 0 saturated heterocycles. The normalized spacial score (nSPS) is 16.5. The van der Waals surface area contributed by atoms with Gasteiger partial charge in [0.25, 0.3) is 0 Å². The number of amides is 1. The highest BCUT2D eigenvalue weighted by Crippen LogP contribution is 2.25. The van der Waals surface area contributed by atoms with E-state index in [4.69, 9.17) is 19.8 Å². The molecule has 4 nitrogen and oxygen atoms in total. The molecule has 0 fully saturated rings. The Morgan fingerprint density at radius 1 is 1.42 bits per heavy atom. The van der Waals surface area contributed by atoms with Gasteiger partial charge in [0.1, 0.15) is 12.5 Å². The lowest BCUT2D eigenvalue weighted by atomic mass is 10.1. The van der Waals surface area contributed by atoms with Crippen LogP contribution in [0.4, 0.5) is 5.69 Å². The minimum absolute atomic E-state index is 0.158. The van der Waals surface area contributed by atoms with E-state index in [1.54, 1.807) is 12.3 Å². The minimum Gasteiger partial charge on any atom is -0.291 e. The topological polar surface area (TPSA) is 38.1 Å². The van der Waals surface area contributed by atoms with Crippen molar-refractivity contribution in [2.45, 2.75) is 20.4 Å². The van der Waals surface area contributed by atoms with Gasteiger partial charge in [-0.05, 0) is 30.9 Å². The molecule has 19 heavy (non-hydrogen) atoms. The van der Waals surface area contributed by atoms with Crippen molar-refractivity contribution < 1.29 is 13.0 Å². The van der Waals surface area contributed by atoms with Crippen molar-refractivity contribution in [1.82, 2.24) is 9.78 Å². The fraction of sp³-hybridized carbons (Fsp3) is 0.286. The summed E-state index contributed by atoms with van der Waals surface area (Å²) in [6, 6.07) is 5.55. The zero-order valence-corrected chi connectivity index (χ0v) is 10.8. The molecule has 1 aromatic heterocycles. The molecule has 1 heterocycles. The third-order valence-electron chi connectivity index (χ3n) is 2.57. The van der Waals surface area contributed by atoms with Crippen molar-refractivity contribution in [3.8, 4) is 0 Å². The lowest BCUT2D eigenvalue weighted by molar-refractivity contribution is -0.116. The van der Waals surface area contributed by atoms with Crippen molar-refractivity contribution in [2.75, 3.05) is 10.8 Å². The fourth-order valence-corrected chi connectivity index (χ4v) is 1.85. The first-order chi connectivity index (χ1) is 11.6. The SMILES string of the molecule is [2H]C([2H])([2H])c1cccc(C([2H])([2H])[2H])c1N(Cn1cccn1)C(=O)CCl. The van der Waals surface area contributed by atoms with Gasteiger partial charge in [0.15, 0.2) is 0 Å². The van der Waals surface area contributed by atoms with Crippen LogP contribution in [0.25, 0.3) is 0 Å². The predicted molar refractivity (Wildman–Crippen MR) is 76.3 cm³/mol. The molecule has 1 aromatic carbocycles. The van der Waals surface area contributed by atoms with Crippen LogP contribution in [-0.2, 0) is 11.5 Å². The van der Waals surface area contributed by atoms with Crippen LogP contribution in [-0.4, -0.2) is 21.6 Å². The Hall–Kier alpha value is -1.81. The standard InChI is InChI=1S/C14H16ClN3O/c1-11-5-3-6-12(2)14(11)18(13(19)9-15)10-17-8-4-7-16-17/h3-8H,9-10H2,1-2H3/i1D3,2D3. The van der Waals surface area contributed by atoms with Crippen LogP contribution in [0.3, 0.4) is 0 Å². The van der Waals surface area contributed by atoms with E-state index in [-0.39, 0.29) is 23.5 Å². The van der Waals surface area contributed by atoms with Gasteiger partial charge in [-0.15, -0.1) is 11.6 Å². The quantitative estimate of drug-likeness (QED) is 0.809. The predicted octanol–water partition coefficient (Wildman–Crippen LogP) is 2.73. The molecule has 100 valence electrons. The number of carbonyl (C=O) groups excluding carboxylic acids is 1. The highest BCUT2D eigenvalue weighted by molar-refractivity contribution is 6.29. The molecule has 0 spiro atoms. The molecule has 0 aliphatic rings. The minimum atomic E-state index is -2.61. The molecule has 5 heteroatoms. The number of anilines is 1. The van der Waals surface area contributed by atoms with Gasteiger partial charge in [-0.1, -0.05) is 18.2 Å². The average Bonchev–Trinajstić information content (AvgIpc) is 3.02. The Balaban J connectivity index is 2.71. The molecule has 2 aromatic rings. The molecule has 1 amide bonds. The zero-order valence-electron chi connectivity index (χ0n) is 16.0. The second-order valence-electron chi connectivity index (χ2n) is 3.84. The van der Waals surface area contributed by atoms with Gasteiger partial charge in [0, 0.05) is 20.6 Å². The van der Waals surface area contributed by atoms with E-state index in [0.29, 0.717) is 0 Å². The highest BCUT2D eigenvalue weighted by Gasteiger charge is 2.19. The number of para-hydroxylation sites is 1. The maximum absolute atomic E-state index is 12.4.